The number of carbonyl (C=O) groups is 1. The fourth-order valence-electron chi connectivity index (χ4n) is 2.26. The lowest BCUT2D eigenvalue weighted by atomic mass is 10.1. The molecule has 1 aliphatic carbocycles. The van der Waals surface area contributed by atoms with Crippen LogP contribution in [0.25, 0.3) is 0 Å². The van der Waals surface area contributed by atoms with Gasteiger partial charge in [0.2, 0.25) is 0 Å². The number of aryl methyl sites for hydroxylation is 1. The van der Waals surface area contributed by atoms with Crippen molar-refractivity contribution in [1.82, 2.24) is 14.8 Å². The molecule has 2 aliphatic rings. The van der Waals surface area contributed by atoms with Crippen molar-refractivity contribution < 1.29 is 14.3 Å². The zero-order valence-corrected chi connectivity index (χ0v) is 11.0. The van der Waals surface area contributed by atoms with Gasteiger partial charge in [0.1, 0.15) is 5.82 Å². The molecule has 6 heteroatoms. The van der Waals surface area contributed by atoms with Crippen molar-refractivity contribution in [2.24, 2.45) is 0 Å². The van der Waals surface area contributed by atoms with Gasteiger partial charge in [-0.2, -0.15) is 0 Å². The summed E-state index contributed by atoms with van der Waals surface area (Å²) in [5.74, 6) is 1.29. The van der Waals surface area contributed by atoms with Gasteiger partial charge in [0.15, 0.2) is 12.4 Å². The molecule has 0 spiro atoms. The van der Waals surface area contributed by atoms with Crippen LogP contribution in [0.15, 0.2) is 11.8 Å². The summed E-state index contributed by atoms with van der Waals surface area (Å²) in [5, 5.41) is 8.13. The van der Waals surface area contributed by atoms with Crippen LogP contribution in [0.2, 0.25) is 0 Å². The van der Waals surface area contributed by atoms with Crippen LogP contribution < -0.4 is 0 Å². The molecule has 0 bridgehead atoms. The van der Waals surface area contributed by atoms with Crippen molar-refractivity contribution >= 4 is 5.97 Å². The second-order valence-electron chi connectivity index (χ2n) is 4.96. The lowest BCUT2D eigenvalue weighted by Gasteiger charge is -2.13. The van der Waals surface area contributed by atoms with Gasteiger partial charge in [-0.05, 0) is 32.6 Å². The second kappa shape index (κ2) is 5.03. The van der Waals surface area contributed by atoms with Crippen molar-refractivity contribution in [2.75, 3.05) is 6.61 Å². The number of nitrogens with zero attached hydrogens (tertiary/aromatic N) is 3. The van der Waals surface area contributed by atoms with Crippen molar-refractivity contribution in [2.45, 2.75) is 45.3 Å². The highest BCUT2D eigenvalue weighted by atomic mass is 16.5. The number of ether oxygens (including phenoxy) is 2. The third-order valence-electron chi connectivity index (χ3n) is 3.38. The zero-order chi connectivity index (χ0) is 13.2. The van der Waals surface area contributed by atoms with Gasteiger partial charge in [0.05, 0.1) is 18.4 Å². The standard InChI is InChI=1S/C13H17N3O3/c1-9-14-15-12(16(9)11-4-5-11)8-19-13(17)10-3-2-6-18-7-10/h7,11H,2-6,8H2,1H3. The number of hydrogen-bond acceptors (Lipinski definition) is 5. The predicted octanol–water partition coefficient (Wildman–Crippen LogP) is 1.66. The minimum Gasteiger partial charge on any atom is -0.501 e. The van der Waals surface area contributed by atoms with Gasteiger partial charge >= 0.3 is 5.97 Å². The molecule has 0 radical (unpaired) electrons. The summed E-state index contributed by atoms with van der Waals surface area (Å²) < 4.78 is 12.5. The molecule has 0 aromatic carbocycles. The van der Waals surface area contributed by atoms with Gasteiger partial charge in [0.25, 0.3) is 0 Å². The Morgan fingerprint density at radius 3 is 3.05 bits per heavy atom. The summed E-state index contributed by atoms with van der Waals surface area (Å²) in [7, 11) is 0. The molecular weight excluding hydrogens is 246 g/mol. The highest BCUT2D eigenvalue weighted by Crippen LogP contribution is 2.36. The van der Waals surface area contributed by atoms with E-state index in [9.17, 15) is 4.79 Å². The molecule has 102 valence electrons. The molecule has 1 aromatic heterocycles. The van der Waals surface area contributed by atoms with Crippen LogP contribution in [0.4, 0.5) is 0 Å². The average molecular weight is 263 g/mol. The predicted molar refractivity (Wildman–Crippen MR) is 66.1 cm³/mol. The Labute approximate surface area is 111 Å². The molecule has 1 aromatic rings. The summed E-state index contributed by atoms with van der Waals surface area (Å²) in [6, 6.07) is 0.487. The Bertz CT molecular complexity index is 517. The van der Waals surface area contributed by atoms with E-state index in [4.69, 9.17) is 9.47 Å². The molecule has 1 aliphatic heterocycles. The lowest BCUT2D eigenvalue weighted by Crippen LogP contribution is -2.14. The molecule has 0 N–H and O–H groups in total. The third kappa shape index (κ3) is 2.62. The Morgan fingerprint density at radius 2 is 2.37 bits per heavy atom. The monoisotopic (exact) mass is 263 g/mol. The Morgan fingerprint density at radius 1 is 1.53 bits per heavy atom. The molecule has 1 fully saturated rings. The van der Waals surface area contributed by atoms with Crippen LogP contribution in [0.5, 0.6) is 0 Å². The zero-order valence-electron chi connectivity index (χ0n) is 11.0. The van der Waals surface area contributed by atoms with Crippen molar-refractivity contribution in [3.05, 3.63) is 23.5 Å². The lowest BCUT2D eigenvalue weighted by molar-refractivity contribution is -0.141. The first-order valence-corrected chi connectivity index (χ1v) is 6.64. The maximum Gasteiger partial charge on any atom is 0.337 e. The van der Waals surface area contributed by atoms with E-state index in [1.165, 1.54) is 6.26 Å². The summed E-state index contributed by atoms with van der Waals surface area (Å²) in [6.07, 6.45) is 5.38. The molecule has 0 saturated heterocycles. The van der Waals surface area contributed by atoms with Crippen LogP contribution in [-0.2, 0) is 20.9 Å². The molecule has 2 heterocycles. The van der Waals surface area contributed by atoms with Crippen LogP contribution in [0, 0.1) is 6.92 Å². The summed E-state index contributed by atoms with van der Waals surface area (Å²) in [4.78, 5) is 11.8. The van der Waals surface area contributed by atoms with Crippen LogP contribution >= 0.6 is 0 Å². The number of rotatable bonds is 4. The molecule has 0 amide bonds. The highest BCUT2D eigenvalue weighted by molar-refractivity contribution is 5.88. The van der Waals surface area contributed by atoms with Gasteiger partial charge < -0.3 is 14.0 Å². The average Bonchev–Trinajstić information content (AvgIpc) is 3.21. The Hall–Kier alpha value is -1.85. The maximum absolute atomic E-state index is 11.8. The highest BCUT2D eigenvalue weighted by Gasteiger charge is 2.28. The van der Waals surface area contributed by atoms with E-state index in [-0.39, 0.29) is 12.6 Å². The summed E-state index contributed by atoms with van der Waals surface area (Å²) >= 11 is 0. The van der Waals surface area contributed by atoms with Gasteiger partial charge in [-0.1, -0.05) is 0 Å². The second-order valence-corrected chi connectivity index (χ2v) is 4.96. The quantitative estimate of drug-likeness (QED) is 0.773. The normalized spacial score (nSPS) is 18.7. The molecule has 19 heavy (non-hydrogen) atoms. The molecule has 3 rings (SSSR count). The van der Waals surface area contributed by atoms with E-state index in [1.807, 2.05) is 6.92 Å². The third-order valence-corrected chi connectivity index (χ3v) is 3.38. The number of esters is 1. The van der Waals surface area contributed by atoms with Crippen LogP contribution in [-0.4, -0.2) is 27.3 Å². The van der Waals surface area contributed by atoms with Gasteiger partial charge in [-0.25, -0.2) is 4.79 Å². The van der Waals surface area contributed by atoms with Crippen molar-refractivity contribution in [3.63, 3.8) is 0 Å². The summed E-state index contributed by atoms with van der Waals surface area (Å²) in [6.45, 7) is 2.77. The van der Waals surface area contributed by atoms with Crippen LogP contribution in [0.1, 0.15) is 43.4 Å². The molecule has 6 nitrogen and oxygen atoms in total. The molecule has 1 saturated carbocycles. The fourth-order valence-corrected chi connectivity index (χ4v) is 2.26. The van der Waals surface area contributed by atoms with E-state index in [2.05, 4.69) is 14.8 Å². The number of aromatic nitrogens is 3. The van der Waals surface area contributed by atoms with Crippen molar-refractivity contribution in [3.8, 4) is 0 Å². The van der Waals surface area contributed by atoms with Gasteiger partial charge in [-0.3, -0.25) is 0 Å². The Balaban J connectivity index is 1.63. The summed E-state index contributed by atoms with van der Waals surface area (Å²) in [5.41, 5.74) is 0.598. The largest absolute Gasteiger partial charge is 0.501 e. The molecule has 0 atom stereocenters. The smallest absolute Gasteiger partial charge is 0.337 e. The first kappa shape index (κ1) is 12.2. The topological polar surface area (TPSA) is 66.2 Å². The SMILES string of the molecule is Cc1nnc(COC(=O)C2=COCCC2)n1C1CC1. The van der Waals surface area contributed by atoms with Crippen molar-refractivity contribution in [1.29, 1.82) is 0 Å². The number of hydrogen-bond donors (Lipinski definition) is 0. The maximum atomic E-state index is 11.8. The fraction of sp³-hybridized carbons (Fsp3) is 0.615. The van der Waals surface area contributed by atoms with E-state index >= 15 is 0 Å². The first-order chi connectivity index (χ1) is 9.25. The molecular formula is C13H17N3O3. The van der Waals surface area contributed by atoms with Crippen LogP contribution in [0.3, 0.4) is 0 Å². The number of carbonyl (C=O) groups excluding carboxylic acids is 1. The van der Waals surface area contributed by atoms with Gasteiger partial charge in [-0.15, -0.1) is 10.2 Å². The van der Waals surface area contributed by atoms with E-state index in [0.29, 0.717) is 24.6 Å². The van der Waals surface area contributed by atoms with Gasteiger partial charge in [0, 0.05) is 6.04 Å². The minimum absolute atomic E-state index is 0.174. The first-order valence-electron chi connectivity index (χ1n) is 6.64. The molecule has 0 unspecified atom stereocenters. The van der Waals surface area contributed by atoms with E-state index in [1.54, 1.807) is 0 Å². The minimum atomic E-state index is -0.317. The van der Waals surface area contributed by atoms with E-state index in [0.717, 1.165) is 30.9 Å². The Kier molecular flexibility index (Phi) is 3.23. The van der Waals surface area contributed by atoms with E-state index < -0.39 is 0 Å².